The zero-order chi connectivity index (χ0) is 29.6. The van der Waals surface area contributed by atoms with Gasteiger partial charge in [-0.05, 0) is 0 Å². The third-order valence-electron chi connectivity index (χ3n) is 8.60. The molecule has 0 heterocycles. The van der Waals surface area contributed by atoms with Crippen LogP contribution in [0.2, 0.25) is 0 Å². The molecule has 0 atom stereocenters. The van der Waals surface area contributed by atoms with Crippen molar-refractivity contribution in [2.75, 3.05) is 0 Å². The van der Waals surface area contributed by atoms with Crippen LogP contribution >= 0.6 is 0 Å². The van der Waals surface area contributed by atoms with Crippen molar-refractivity contribution in [1.29, 1.82) is 0 Å². The first-order valence-electron chi connectivity index (χ1n) is 14.8. The van der Waals surface area contributed by atoms with Gasteiger partial charge < -0.3 is 0 Å². The molecular weight excluding hydrogens is 576 g/mol. The quantitative estimate of drug-likeness (QED) is 0.178. The molecule has 8 aromatic rings. The molecule has 3 nitrogen and oxygen atoms in total. The molecule has 4 heteroatoms. The molecule has 0 aromatic heterocycles. The van der Waals surface area contributed by atoms with Crippen molar-refractivity contribution in [2.24, 2.45) is 0 Å². The van der Waals surface area contributed by atoms with Crippen LogP contribution in [0.5, 0.6) is 11.5 Å². The summed E-state index contributed by atoms with van der Waals surface area (Å²) in [5.41, 5.74) is 0. The molecule has 0 spiro atoms. The van der Waals surface area contributed by atoms with Crippen LogP contribution in [0, 0.1) is 0 Å². The maximum atomic E-state index is 17.3. The van der Waals surface area contributed by atoms with E-state index < -0.39 is 16.1 Å². The van der Waals surface area contributed by atoms with E-state index in [0.29, 0.717) is 19.2 Å². The fourth-order valence-electron chi connectivity index (χ4n) is 6.56. The SMILES string of the molecule is [O]=[Ti]([O]c1cccc2ccccc12)([O]c1cccc2ccccc12)([c]1cccc2ccccc12)[c]1cccc2ccccc12. The minimum absolute atomic E-state index is 0.510. The summed E-state index contributed by atoms with van der Waals surface area (Å²) in [6.45, 7) is 0. The normalized spacial score (nSPS) is 12.1. The number of fused-ring (bicyclic) bond motifs is 4. The molecule has 0 radical (unpaired) electrons. The van der Waals surface area contributed by atoms with Gasteiger partial charge in [-0.25, -0.2) is 0 Å². The Kier molecular flexibility index (Phi) is 6.20. The van der Waals surface area contributed by atoms with Crippen molar-refractivity contribution in [3.63, 3.8) is 0 Å². The molecule has 0 aliphatic rings. The van der Waals surface area contributed by atoms with Crippen molar-refractivity contribution >= 4 is 50.8 Å². The monoisotopic (exact) mass is 604 g/mol. The average molecular weight is 605 g/mol. The first kappa shape index (κ1) is 26.5. The molecule has 8 rings (SSSR count). The van der Waals surface area contributed by atoms with Crippen LogP contribution in [0.4, 0.5) is 0 Å². The van der Waals surface area contributed by atoms with Crippen molar-refractivity contribution in [3.05, 3.63) is 170 Å². The zero-order valence-corrected chi connectivity index (χ0v) is 25.5. The van der Waals surface area contributed by atoms with E-state index in [2.05, 4.69) is 0 Å². The van der Waals surface area contributed by atoms with Crippen LogP contribution < -0.4 is 14.4 Å². The van der Waals surface area contributed by atoms with E-state index in [1.54, 1.807) is 0 Å². The molecule has 0 aliphatic carbocycles. The Morgan fingerprint density at radius 3 is 1.02 bits per heavy atom. The van der Waals surface area contributed by atoms with Gasteiger partial charge in [0, 0.05) is 0 Å². The molecule has 0 fully saturated rings. The van der Waals surface area contributed by atoms with Gasteiger partial charge in [-0.2, -0.15) is 0 Å². The van der Waals surface area contributed by atoms with Gasteiger partial charge in [-0.3, -0.25) is 0 Å². The van der Waals surface area contributed by atoms with Gasteiger partial charge in [-0.15, -0.1) is 0 Å². The van der Waals surface area contributed by atoms with Gasteiger partial charge >= 0.3 is 258 Å². The summed E-state index contributed by atoms with van der Waals surface area (Å²) < 4.78 is 32.9. The van der Waals surface area contributed by atoms with Gasteiger partial charge in [0.05, 0.1) is 0 Å². The van der Waals surface area contributed by atoms with Gasteiger partial charge in [0.15, 0.2) is 0 Å². The number of hydrogen-bond acceptors (Lipinski definition) is 3. The standard InChI is InChI=1S/2C10H8O.2C10H7.O.Ti/c2*11-10-7-3-5-8-4-1-2-6-9(8)10;2*1-2-6-10-8-4-3-7-9(10)5-1;;/h2*1-7,11H;2*1-7H;;/q;;;;;+2/p-2. The fraction of sp³-hybridized carbons (Fsp3) is 0. The second-order valence-electron chi connectivity index (χ2n) is 11.2. The summed E-state index contributed by atoms with van der Waals surface area (Å²) in [5.74, 6) is 1.02. The van der Waals surface area contributed by atoms with Crippen LogP contribution in [0.1, 0.15) is 0 Å². The first-order valence-corrected chi connectivity index (χ1v) is 18.3. The average Bonchev–Trinajstić information content (AvgIpc) is 3.08. The van der Waals surface area contributed by atoms with Crippen LogP contribution in [0.3, 0.4) is 0 Å². The molecule has 210 valence electrons. The van der Waals surface area contributed by atoms with Crippen molar-refractivity contribution < 1.29 is 26.0 Å². The number of hydrogen-bond donors (Lipinski definition) is 0. The Morgan fingerprint density at radius 1 is 0.318 bits per heavy atom. The maximum absolute atomic E-state index is 17.3. The number of rotatable bonds is 6. The van der Waals surface area contributed by atoms with Crippen molar-refractivity contribution in [1.82, 2.24) is 0 Å². The first-order chi connectivity index (χ1) is 21.6. The summed E-state index contributed by atoms with van der Waals surface area (Å²) in [6, 6.07) is 55.6. The van der Waals surface area contributed by atoms with E-state index in [4.69, 9.17) is 6.64 Å². The third kappa shape index (κ3) is 4.17. The Morgan fingerprint density at radius 2 is 0.614 bits per heavy atom. The molecule has 8 aromatic carbocycles. The number of benzene rings is 8. The van der Waals surface area contributed by atoms with Crippen LogP contribution in [-0.2, 0) is 19.4 Å². The van der Waals surface area contributed by atoms with Crippen LogP contribution in [0.15, 0.2) is 170 Å². The summed E-state index contributed by atoms with van der Waals surface area (Å²) in [4.78, 5) is 0. The molecule has 0 unspecified atom stereocenters. The topological polar surface area (TPSA) is 35.5 Å². The Labute approximate surface area is 257 Å². The van der Waals surface area contributed by atoms with Gasteiger partial charge in [0.25, 0.3) is 0 Å². The molecule has 0 aliphatic heterocycles. The van der Waals surface area contributed by atoms with E-state index in [-0.39, 0.29) is 0 Å². The summed E-state index contributed by atoms with van der Waals surface area (Å²) in [6.07, 6.45) is 0. The van der Waals surface area contributed by atoms with E-state index in [1.807, 2.05) is 170 Å². The summed E-state index contributed by atoms with van der Waals surface area (Å²) >= 11 is -6.43. The second-order valence-corrected chi connectivity index (χ2v) is 16.6. The molecular formula is C40H28O3Ti. The Balaban J connectivity index is 1.56. The predicted molar refractivity (Wildman–Crippen MR) is 177 cm³/mol. The molecule has 0 bridgehead atoms. The minimum atomic E-state index is -6.43. The predicted octanol–water partition coefficient (Wildman–Crippen LogP) is 9.27. The molecule has 0 N–H and O–H groups in total. The zero-order valence-electron chi connectivity index (χ0n) is 23.9. The summed E-state index contributed by atoms with van der Waals surface area (Å²) in [5, 5.41) is 7.29. The van der Waals surface area contributed by atoms with Crippen molar-refractivity contribution in [3.8, 4) is 11.5 Å². The molecule has 44 heavy (non-hydrogen) atoms. The molecule has 0 amide bonds. The van der Waals surface area contributed by atoms with E-state index >= 15 is 3.32 Å². The Bertz CT molecular complexity index is 2240. The van der Waals surface area contributed by atoms with Gasteiger partial charge in [-0.1, -0.05) is 0 Å². The summed E-state index contributed by atoms with van der Waals surface area (Å²) in [7, 11) is 0. The fourth-order valence-corrected chi connectivity index (χ4v) is 12.9. The van der Waals surface area contributed by atoms with Gasteiger partial charge in [0.2, 0.25) is 0 Å². The van der Waals surface area contributed by atoms with Crippen LogP contribution in [0.25, 0.3) is 43.1 Å². The molecule has 0 saturated heterocycles. The molecule has 0 saturated carbocycles. The Hall–Kier alpha value is -5.09. The van der Waals surface area contributed by atoms with Gasteiger partial charge in [0.1, 0.15) is 0 Å². The van der Waals surface area contributed by atoms with E-state index in [0.717, 1.165) is 43.1 Å². The van der Waals surface area contributed by atoms with E-state index in [9.17, 15) is 0 Å². The van der Waals surface area contributed by atoms with Crippen LogP contribution in [-0.4, -0.2) is 0 Å². The second kappa shape index (κ2) is 10.3. The van der Waals surface area contributed by atoms with E-state index in [1.165, 1.54) is 0 Å². The third-order valence-corrected chi connectivity index (χ3v) is 14.7. The van der Waals surface area contributed by atoms with Crippen molar-refractivity contribution in [2.45, 2.75) is 0 Å².